The molecule has 7 nitrogen and oxygen atoms in total. The minimum absolute atomic E-state index is 0.0179. The number of ether oxygens (including phenoxy) is 2. The zero-order valence-corrected chi connectivity index (χ0v) is 15.8. The van der Waals surface area contributed by atoms with Gasteiger partial charge in [0.2, 0.25) is 10.0 Å². The zero-order chi connectivity index (χ0) is 18.9. The van der Waals surface area contributed by atoms with Crippen LogP contribution in [0.3, 0.4) is 0 Å². The lowest BCUT2D eigenvalue weighted by Gasteiger charge is -2.19. The summed E-state index contributed by atoms with van der Waals surface area (Å²) in [6.45, 7) is 2.10. The summed E-state index contributed by atoms with van der Waals surface area (Å²) in [5.74, 6) is 1.03. The van der Waals surface area contributed by atoms with Gasteiger partial charge in [-0.3, -0.25) is 0 Å². The lowest BCUT2D eigenvalue weighted by atomic mass is 10.3. The van der Waals surface area contributed by atoms with E-state index in [2.05, 4.69) is 0 Å². The van der Waals surface area contributed by atoms with Gasteiger partial charge in [0.15, 0.2) is 0 Å². The van der Waals surface area contributed by atoms with E-state index in [-0.39, 0.29) is 23.3 Å². The van der Waals surface area contributed by atoms with Gasteiger partial charge in [-0.2, -0.15) is 4.31 Å². The van der Waals surface area contributed by atoms with Gasteiger partial charge in [-0.05, 0) is 31.5 Å². The molecule has 0 amide bonds. The molecule has 1 aromatic heterocycles. The highest BCUT2D eigenvalue weighted by molar-refractivity contribution is 7.89. The fraction of sp³-hybridized carbons (Fsp3) is 0.353. The Morgan fingerprint density at radius 1 is 1.27 bits per heavy atom. The van der Waals surface area contributed by atoms with Crippen LogP contribution in [0.25, 0.3) is 0 Å². The number of methoxy groups -OCH3 is 1. The van der Waals surface area contributed by atoms with Crippen molar-refractivity contribution >= 4 is 21.6 Å². The quantitative estimate of drug-likeness (QED) is 0.767. The summed E-state index contributed by atoms with van der Waals surface area (Å²) in [5, 5.41) is 0.308. The second kappa shape index (κ2) is 7.30. The Kier molecular flexibility index (Phi) is 5.27. The van der Waals surface area contributed by atoms with Crippen molar-refractivity contribution < 1.29 is 22.3 Å². The van der Waals surface area contributed by atoms with Gasteiger partial charge < -0.3 is 13.9 Å². The van der Waals surface area contributed by atoms with Crippen LogP contribution in [0, 0.1) is 6.92 Å². The van der Waals surface area contributed by atoms with Gasteiger partial charge in [0.1, 0.15) is 28.3 Å². The van der Waals surface area contributed by atoms with Gasteiger partial charge in [0, 0.05) is 17.6 Å². The molecular weight excluding hydrogens is 382 g/mol. The molecule has 1 atom stereocenters. The average molecular weight is 400 g/mol. The summed E-state index contributed by atoms with van der Waals surface area (Å²) in [4.78, 5) is 11.4. The molecule has 0 N–H and O–H groups in total. The van der Waals surface area contributed by atoms with Crippen molar-refractivity contribution in [2.24, 2.45) is 0 Å². The molecule has 2 aromatic rings. The van der Waals surface area contributed by atoms with Gasteiger partial charge in [0.05, 0.1) is 19.7 Å². The van der Waals surface area contributed by atoms with Gasteiger partial charge in [0.25, 0.3) is 0 Å². The number of nitrogens with zero attached hydrogens (tertiary/aromatic N) is 1. The van der Waals surface area contributed by atoms with Crippen molar-refractivity contribution in [1.82, 2.24) is 4.31 Å². The number of rotatable bonds is 5. The monoisotopic (exact) mass is 399 g/mol. The molecule has 1 unspecified atom stereocenters. The standard InChI is InChI=1S/C17H18ClNO6S/c1-11-7-14(9-17(20)24-11)25-13-5-6-19(10-13)26(21,22)16-8-12(18)3-4-15(16)23-2/h3-4,7-9,13H,5-6,10H2,1-2H3. The maximum Gasteiger partial charge on any atom is 0.339 e. The van der Waals surface area contributed by atoms with Crippen molar-refractivity contribution in [1.29, 1.82) is 0 Å². The van der Waals surface area contributed by atoms with E-state index < -0.39 is 15.6 Å². The van der Waals surface area contributed by atoms with Crippen molar-refractivity contribution in [3.05, 3.63) is 51.5 Å². The number of hydrogen-bond acceptors (Lipinski definition) is 6. The number of benzene rings is 1. The molecule has 1 aliphatic heterocycles. The fourth-order valence-electron chi connectivity index (χ4n) is 2.84. The Labute approximate surface area is 156 Å². The molecule has 1 fully saturated rings. The van der Waals surface area contributed by atoms with Gasteiger partial charge in [-0.25, -0.2) is 13.2 Å². The smallest absolute Gasteiger partial charge is 0.339 e. The lowest BCUT2D eigenvalue weighted by Crippen LogP contribution is -2.31. The van der Waals surface area contributed by atoms with Crippen LogP contribution in [0.1, 0.15) is 12.2 Å². The predicted molar refractivity (Wildman–Crippen MR) is 95.5 cm³/mol. The second-order valence-electron chi connectivity index (χ2n) is 5.91. The third-order valence-corrected chi connectivity index (χ3v) is 6.14. The molecule has 1 aliphatic rings. The predicted octanol–water partition coefficient (Wildman–Crippen LogP) is 2.45. The maximum atomic E-state index is 12.9. The van der Waals surface area contributed by atoms with Crippen molar-refractivity contribution in [3.8, 4) is 11.5 Å². The highest BCUT2D eigenvalue weighted by Gasteiger charge is 2.35. The van der Waals surface area contributed by atoms with Crippen molar-refractivity contribution in [2.45, 2.75) is 24.3 Å². The number of hydrogen-bond donors (Lipinski definition) is 0. The first-order valence-electron chi connectivity index (χ1n) is 7.92. The van der Waals surface area contributed by atoms with Crippen LogP contribution in [0.4, 0.5) is 0 Å². The summed E-state index contributed by atoms with van der Waals surface area (Å²) >= 11 is 5.95. The zero-order valence-electron chi connectivity index (χ0n) is 14.3. The number of aryl methyl sites for hydroxylation is 1. The highest BCUT2D eigenvalue weighted by Crippen LogP contribution is 2.31. The topological polar surface area (TPSA) is 86.1 Å². The van der Waals surface area contributed by atoms with Crippen LogP contribution in [-0.2, 0) is 10.0 Å². The first-order chi connectivity index (χ1) is 12.3. The van der Waals surface area contributed by atoms with E-state index in [0.717, 1.165) is 0 Å². The van der Waals surface area contributed by atoms with E-state index in [1.165, 1.54) is 29.6 Å². The van der Waals surface area contributed by atoms with Crippen molar-refractivity contribution in [3.63, 3.8) is 0 Å². The third-order valence-electron chi connectivity index (χ3n) is 4.02. The molecule has 1 saturated heterocycles. The molecule has 0 spiro atoms. The molecule has 140 valence electrons. The Hall–Kier alpha value is -2.03. The van der Waals surface area contributed by atoms with Gasteiger partial charge >= 0.3 is 5.63 Å². The molecule has 9 heteroatoms. The van der Waals surface area contributed by atoms with E-state index in [1.54, 1.807) is 19.1 Å². The third kappa shape index (κ3) is 3.87. The van der Waals surface area contributed by atoms with Crippen LogP contribution in [0.2, 0.25) is 5.02 Å². The Morgan fingerprint density at radius 3 is 2.73 bits per heavy atom. The fourth-order valence-corrected chi connectivity index (χ4v) is 4.74. The summed E-state index contributed by atoms with van der Waals surface area (Å²) in [5.41, 5.74) is -0.508. The van der Waals surface area contributed by atoms with E-state index in [1.807, 2.05) is 0 Å². The Balaban J connectivity index is 1.79. The maximum absolute atomic E-state index is 12.9. The SMILES string of the molecule is COc1ccc(Cl)cc1S(=O)(=O)N1CCC(Oc2cc(C)oc(=O)c2)C1. The first-order valence-corrected chi connectivity index (χ1v) is 9.73. The second-order valence-corrected chi connectivity index (χ2v) is 8.25. The lowest BCUT2D eigenvalue weighted by molar-refractivity contribution is 0.213. The normalized spacial score (nSPS) is 18.0. The molecule has 0 aliphatic carbocycles. The number of halogens is 1. The molecule has 1 aromatic carbocycles. The van der Waals surface area contributed by atoms with Crippen LogP contribution < -0.4 is 15.1 Å². The molecule has 2 heterocycles. The van der Waals surface area contributed by atoms with E-state index >= 15 is 0 Å². The van der Waals surface area contributed by atoms with Crippen LogP contribution in [-0.4, -0.2) is 39.0 Å². The van der Waals surface area contributed by atoms with Gasteiger partial charge in [-0.15, -0.1) is 0 Å². The largest absolute Gasteiger partial charge is 0.495 e. The molecule has 26 heavy (non-hydrogen) atoms. The molecule has 0 bridgehead atoms. The Bertz CT molecular complexity index is 971. The minimum Gasteiger partial charge on any atom is -0.495 e. The van der Waals surface area contributed by atoms with E-state index in [9.17, 15) is 13.2 Å². The summed E-state index contributed by atoms with van der Waals surface area (Å²) in [6.07, 6.45) is 0.137. The first kappa shape index (κ1) is 18.8. The number of sulfonamides is 1. The van der Waals surface area contributed by atoms with Crippen LogP contribution in [0.15, 0.2) is 44.4 Å². The average Bonchev–Trinajstić information content (AvgIpc) is 3.03. The summed E-state index contributed by atoms with van der Waals surface area (Å²) in [6, 6.07) is 7.29. The summed E-state index contributed by atoms with van der Waals surface area (Å²) in [7, 11) is -2.38. The van der Waals surface area contributed by atoms with Crippen LogP contribution in [0.5, 0.6) is 11.5 Å². The van der Waals surface area contributed by atoms with E-state index in [4.69, 9.17) is 25.5 Å². The van der Waals surface area contributed by atoms with Gasteiger partial charge in [-0.1, -0.05) is 11.6 Å². The molecule has 0 saturated carbocycles. The molecule has 0 radical (unpaired) electrons. The van der Waals surface area contributed by atoms with Crippen molar-refractivity contribution in [2.75, 3.05) is 20.2 Å². The molecular formula is C17H18ClNO6S. The van der Waals surface area contributed by atoms with E-state index in [0.29, 0.717) is 29.5 Å². The highest BCUT2D eigenvalue weighted by atomic mass is 35.5. The Morgan fingerprint density at radius 2 is 2.04 bits per heavy atom. The summed E-state index contributed by atoms with van der Waals surface area (Å²) < 4.78 is 43.0. The molecule has 3 rings (SSSR count). The minimum atomic E-state index is -3.78. The van der Waals surface area contributed by atoms with Crippen LogP contribution >= 0.6 is 11.6 Å².